The molecular formula is C9H12BrN3OS. The number of hydrogen-bond donors (Lipinski definition) is 0. The fraction of sp³-hybridized carbons (Fsp3) is 0.667. The number of carbonyl (C=O) groups is 1. The Bertz CT molecular complexity index is 330. The van der Waals surface area contributed by atoms with Crippen LogP contribution in [0.5, 0.6) is 0 Å². The first-order chi connectivity index (χ1) is 7.33. The Morgan fingerprint density at radius 3 is 3.20 bits per heavy atom. The number of aromatic nitrogens is 2. The Balaban J connectivity index is 2.11. The normalized spacial score (nSPS) is 21.7. The quantitative estimate of drug-likeness (QED) is 0.782. The molecule has 1 aromatic rings. The Hall–Kier alpha value is -0.490. The minimum Gasteiger partial charge on any atom is -0.333 e. The largest absolute Gasteiger partial charge is 0.333 e. The molecule has 1 aromatic heterocycles. The van der Waals surface area contributed by atoms with E-state index in [2.05, 4.69) is 25.5 Å². The van der Waals surface area contributed by atoms with E-state index in [9.17, 15) is 4.79 Å². The van der Waals surface area contributed by atoms with Gasteiger partial charge >= 0.3 is 0 Å². The molecule has 1 amide bonds. The summed E-state index contributed by atoms with van der Waals surface area (Å²) < 4.78 is 3.72. The molecule has 6 heteroatoms. The number of nitrogens with zero attached hydrogens (tertiary/aromatic N) is 3. The summed E-state index contributed by atoms with van der Waals surface area (Å²) in [5.74, 6) is 0.0212. The molecule has 0 aliphatic carbocycles. The van der Waals surface area contributed by atoms with E-state index in [1.807, 2.05) is 4.90 Å². The zero-order chi connectivity index (χ0) is 10.7. The number of likely N-dealkylation sites (tertiary alicyclic amines) is 1. The number of rotatable bonds is 2. The van der Waals surface area contributed by atoms with Gasteiger partial charge in [-0.25, -0.2) is 0 Å². The number of alkyl halides is 1. The van der Waals surface area contributed by atoms with Gasteiger partial charge in [-0.15, -0.1) is 5.10 Å². The average molecular weight is 290 g/mol. The Labute approximate surface area is 101 Å². The van der Waals surface area contributed by atoms with Gasteiger partial charge in [-0.05, 0) is 30.8 Å². The molecule has 15 heavy (non-hydrogen) atoms. The molecule has 0 bridgehead atoms. The lowest BCUT2D eigenvalue weighted by atomic mass is 10.0. The smallest absolute Gasteiger partial charge is 0.275 e. The van der Waals surface area contributed by atoms with Crippen LogP contribution in [0.3, 0.4) is 0 Å². The van der Waals surface area contributed by atoms with E-state index >= 15 is 0 Å². The Morgan fingerprint density at radius 1 is 1.67 bits per heavy atom. The van der Waals surface area contributed by atoms with Crippen LogP contribution in [0.2, 0.25) is 0 Å². The Morgan fingerprint density at radius 2 is 2.53 bits per heavy atom. The first-order valence-electron chi connectivity index (χ1n) is 4.97. The third-order valence-corrected chi connectivity index (χ3v) is 3.90. The molecule has 1 aliphatic rings. The van der Waals surface area contributed by atoms with E-state index in [4.69, 9.17) is 0 Å². The van der Waals surface area contributed by atoms with Crippen LogP contribution in [0.1, 0.15) is 29.8 Å². The van der Waals surface area contributed by atoms with Crippen molar-refractivity contribution >= 4 is 33.4 Å². The first kappa shape index (κ1) is 11.0. The number of carbonyl (C=O) groups excluding carboxylic acids is 1. The number of amides is 1. The standard InChI is InChI=1S/C9H12BrN3OS/c10-5-7-3-1-2-4-13(7)9(14)8-6-15-12-11-8/h6-7H,1-5H2. The van der Waals surface area contributed by atoms with Gasteiger partial charge in [0.25, 0.3) is 5.91 Å². The predicted octanol–water partition coefficient (Wildman–Crippen LogP) is 1.93. The molecule has 1 aliphatic heterocycles. The van der Waals surface area contributed by atoms with Gasteiger partial charge in [0, 0.05) is 23.3 Å². The molecule has 1 fully saturated rings. The summed E-state index contributed by atoms with van der Waals surface area (Å²) in [6, 6.07) is 0.313. The van der Waals surface area contributed by atoms with Crippen LogP contribution < -0.4 is 0 Å². The topological polar surface area (TPSA) is 46.1 Å². The summed E-state index contributed by atoms with van der Waals surface area (Å²) in [7, 11) is 0. The van der Waals surface area contributed by atoms with Gasteiger partial charge in [-0.1, -0.05) is 20.4 Å². The third kappa shape index (κ3) is 2.36. The number of halogens is 1. The van der Waals surface area contributed by atoms with Crippen molar-refractivity contribution < 1.29 is 4.79 Å². The Kier molecular flexibility index (Phi) is 3.69. The highest BCUT2D eigenvalue weighted by Crippen LogP contribution is 2.20. The van der Waals surface area contributed by atoms with Gasteiger partial charge in [0.15, 0.2) is 5.69 Å². The van der Waals surface area contributed by atoms with Crippen molar-refractivity contribution in [2.24, 2.45) is 0 Å². The molecule has 1 unspecified atom stereocenters. The van der Waals surface area contributed by atoms with Gasteiger partial charge < -0.3 is 4.90 Å². The van der Waals surface area contributed by atoms with Crippen molar-refractivity contribution in [1.29, 1.82) is 0 Å². The second kappa shape index (κ2) is 5.03. The zero-order valence-electron chi connectivity index (χ0n) is 8.23. The maximum Gasteiger partial charge on any atom is 0.275 e. The molecule has 4 nitrogen and oxygen atoms in total. The van der Waals surface area contributed by atoms with Crippen molar-refractivity contribution in [3.63, 3.8) is 0 Å². The molecule has 0 radical (unpaired) electrons. The molecule has 0 N–H and O–H groups in total. The highest BCUT2D eigenvalue weighted by molar-refractivity contribution is 9.09. The SMILES string of the molecule is O=C(c1csnn1)N1CCCCC1CBr. The van der Waals surface area contributed by atoms with Gasteiger partial charge in [-0.2, -0.15) is 0 Å². The first-order valence-corrected chi connectivity index (χ1v) is 6.92. The summed E-state index contributed by atoms with van der Waals surface area (Å²) in [4.78, 5) is 14.0. The fourth-order valence-electron chi connectivity index (χ4n) is 1.83. The number of piperidine rings is 1. The lowest BCUT2D eigenvalue weighted by Gasteiger charge is -2.34. The molecule has 1 saturated heterocycles. The number of hydrogen-bond acceptors (Lipinski definition) is 4. The summed E-state index contributed by atoms with van der Waals surface area (Å²) >= 11 is 4.68. The van der Waals surface area contributed by atoms with E-state index in [0.29, 0.717) is 11.7 Å². The molecule has 0 aromatic carbocycles. The molecular weight excluding hydrogens is 278 g/mol. The van der Waals surface area contributed by atoms with Crippen LogP contribution in [0, 0.1) is 0 Å². The minimum atomic E-state index is 0.0212. The second-order valence-electron chi connectivity index (χ2n) is 3.59. The molecule has 82 valence electrons. The van der Waals surface area contributed by atoms with Crippen LogP contribution in [0.15, 0.2) is 5.38 Å². The summed E-state index contributed by atoms with van der Waals surface area (Å²) in [5, 5.41) is 6.38. The van der Waals surface area contributed by atoms with Gasteiger partial charge in [0.2, 0.25) is 0 Å². The summed E-state index contributed by atoms with van der Waals surface area (Å²) in [6.45, 7) is 0.840. The molecule has 2 rings (SSSR count). The molecule has 0 saturated carbocycles. The van der Waals surface area contributed by atoms with Crippen LogP contribution >= 0.6 is 27.5 Å². The predicted molar refractivity (Wildman–Crippen MR) is 62.4 cm³/mol. The van der Waals surface area contributed by atoms with Gasteiger partial charge in [-0.3, -0.25) is 4.79 Å². The summed E-state index contributed by atoms with van der Waals surface area (Å²) in [5.41, 5.74) is 0.479. The summed E-state index contributed by atoms with van der Waals surface area (Å²) in [6.07, 6.45) is 3.37. The minimum absolute atomic E-state index is 0.0212. The molecule has 1 atom stereocenters. The average Bonchev–Trinajstić information content (AvgIpc) is 2.81. The van der Waals surface area contributed by atoms with Crippen LogP contribution in [0.25, 0.3) is 0 Å². The van der Waals surface area contributed by atoms with E-state index in [0.717, 1.165) is 24.7 Å². The molecule has 0 spiro atoms. The second-order valence-corrected chi connectivity index (χ2v) is 4.85. The molecule has 2 heterocycles. The van der Waals surface area contributed by atoms with Crippen molar-refractivity contribution in [3.8, 4) is 0 Å². The van der Waals surface area contributed by atoms with Crippen molar-refractivity contribution in [3.05, 3.63) is 11.1 Å². The van der Waals surface area contributed by atoms with Crippen molar-refractivity contribution in [2.45, 2.75) is 25.3 Å². The maximum absolute atomic E-state index is 12.0. The highest BCUT2D eigenvalue weighted by Gasteiger charge is 2.27. The van der Waals surface area contributed by atoms with Crippen molar-refractivity contribution in [1.82, 2.24) is 14.5 Å². The van der Waals surface area contributed by atoms with E-state index in [1.54, 1.807) is 5.38 Å². The van der Waals surface area contributed by atoms with Crippen LogP contribution in [-0.2, 0) is 0 Å². The van der Waals surface area contributed by atoms with Crippen LogP contribution in [0.4, 0.5) is 0 Å². The third-order valence-electron chi connectivity index (χ3n) is 2.65. The van der Waals surface area contributed by atoms with Crippen LogP contribution in [-0.4, -0.2) is 38.3 Å². The zero-order valence-corrected chi connectivity index (χ0v) is 10.6. The fourth-order valence-corrected chi connectivity index (χ4v) is 2.94. The van der Waals surface area contributed by atoms with E-state index in [1.165, 1.54) is 18.0 Å². The van der Waals surface area contributed by atoms with E-state index < -0.39 is 0 Å². The lowest BCUT2D eigenvalue weighted by molar-refractivity contribution is 0.0636. The monoisotopic (exact) mass is 289 g/mol. The van der Waals surface area contributed by atoms with Crippen molar-refractivity contribution in [2.75, 3.05) is 11.9 Å². The van der Waals surface area contributed by atoms with Gasteiger partial charge in [0.05, 0.1) is 0 Å². The highest BCUT2D eigenvalue weighted by atomic mass is 79.9. The lowest BCUT2D eigenvalue weighted by Crippen LogP contribution is -2.44. The van der Waals surface area contributed by atoms with Gasteiger partial charge in [0.1, 0.15) is 0 Å². The van der Waals surface area contributed by atoms with E-state index in [-0.39, 0.29) is 5.91 Å². The maximum atomic E-state index is 12.0.